The van der Waals surface area contributed by atoms with Crippen LogP contribution in [0, 0.1) is 0 Å². The lowest BCUT2D eigenvalue weighted by molar-refractivity contribution is -0.139. The van der Waals surface area contributed by atoms with Gasteiger partial charge in [-0.3, -0.25) is 4.79 Å². The van der Waals surface area contributed by atoms with E-state index in [2.05, 4.69) is 25.7 Å². The van der Waals surface area contributed by atoms with Gasteiger partial charge in [-0.15, -0.1) is 0 Å². The highest BCUT2D eigenvalue weighted by Gasteiger charge is 2.32. The number of allylic oxidation sites excluding steroid dienone is 1. The summed E-state index contributed by atoms with van der Waals surface area (Å²) >= 11 is 12.3. The molecule has 5 rings (SSSR count). The fourth-order valence-corrected chi connectivity index (χ4v) is 5.42. The van der Waals surface area contributed by atoms with Crippen molar-refractivity contribution in [3.63, 3.8) is 0 Å². The SMILES string of the molecule is CCOC(=O)C1=C(C)NC(=O)N[C@@H]1c1ccc(OCC(=O)N/N=C/c2cn(Cc3ccc(Cl)c(Cl)c3)c3ccccc23)c(OC)c1. The van der Waals surface area contributed by atoms with E-state index in [-0.39, 0.29) is 24.5 Å². The molecule has 3 N–H and O–H groups in total. The van der Waals surface area contributed by atoms with Crippen molar-refractivity contribution >= 4 is 58.2 Å². The number of nitrogens with zero attached hydrogens (tertiary/aromatic N) is 2. The molecule has 0 fully saturated rings. The molecular weight excluding hydrogens is 633 g/mol. The van der Waals surface area contributed by atoms with Crippen molar-refractivity contribution in [2.45, 2.75) is 26.4 Å². The Balaban J connectivity index is 1.25. The first-order valence-electron chi connectivity index (χ1n) is 14.3. The molecule has 0 bridgehead atoms. The van der Waals surface area contributed by atoms with Gasteiger partial charge in [0.15, 0.2) is 18.1 Å². The topological polar surface area (TPSA) is 132 Å². The van der Waals surface area contributed by atoms with Gasteiger partial charge >= 0.3 is 12.0 Å². The van der Waals surface area contributed by atoms with Crippen LogP contribution >= 0.6 is 23.2 Å². The maximum atomic E-state index is 12.6. The van der Waals surface area contributed by atoms with Gasteiger partial charge in [0, 0.05) is 34.9 Å². The zero-order chi connectivity index (χ0) is 32.8. The predicted octanol–water partition coefficient (Wildman–Crippen LogP) is 5.73. The minimum Gasteiger partial charge on any atom is -0.493 e. The molecule has 0 aliphatic carbocycles. The summed E-state index contributed by atoms with van der Waals surface area (Å²) in [5, 5.41) is 11.4. The van der Waals surface area contributed by atoms with Crippen LogP contribution in [-0.4, -0.2) is 49.0 Å². The average Bonchev–Trinajstić information content (AvgIpc) is 3.38. The molecule has 238 valence electrons. The van der Waals surface area contributed by atoms with Crippen molar-refractivity contribution in [3.05, 3.63) is 105 Å². The molecular formula is C33H31Cl2N5O6. The van der Waals surface area contributed by atoms with Crippen LogP contribution in [-0.2, 0) is 20.9 Å². The number of ether oxygens (including phenoxy) is 3. The highest BCUT2D eigenvalue weighted by molar-refractivity contribution is 6.42. The lowest BCUT2D eigenvalue weighted by Gasteiger charge is -2.28. The number of methoxy groups -OCH3 is 1. The second-order valence-electron chi connectivity index (χ2n) is 10.3. The Labute approximate surface area is 275 Å². The van der Waals surface area contributed by atoms with Crippen LogP contribution in [0.25, 0.3) is 10.9 Å². The predicted molar refractivity (Wildman–Crippen MR) is 175 cm³/mol. The molecule has 0 spiro atoms. The number of esters is 1. The number of amides is 3. The van der Waals surface area contributed by atoms with Gasteiger partial charge in [-0.1, -0.05) is 53.5 Å². The maximum absolute atomic E-state index is 12.6. The van der Waals surface area contributed by atoms with Gasteiger partial charge in [0.2, 0.25) is 0 Å². The third-order valence-corrected chi connectivity index (χ3v) is 7.93. The number of benzene rings is 3. The summed E-state index contributed by atoms with van der Waals surface area (Å²) in [7, 11) is 1.45. The number of halogens is 2. The highest BCUT2D eigenvalue weighted by atomic mass is 35.5. The Hall–Kier alpha value is -5.00. The summed E-state index contributed by atoms with van der Waals surface area (Å²) in [6.07, 6.45) is 3.52. The van der Waals surface area contributed by atoms with Gasteiger partial charge in [-0.05, 0) is 55.3 Å². The Morgan fingerprint density at radius 3 is 2.63 bits per heavy atom. The Bertz CT molecular complexity index is 1870. The van der Waals surface area contributed by atoms with Crippen LogP contribution in [0.1, 0.15) is 36.6 Å². The van der Waals surface area contributed by atoms with E-state index in [1.807, 2.05) is 42.6 Å². The third-order valence-electron chi connectivity index (χ3n) is 7.19. The van der Waals surface area contributed by atoms with Crippen LogP contribution in [0.15, 0.2) is 83.2 Å². The van der Waals surface area contributed by atoms with Crippen LogP contribution in [0.4, 0.5) is 4.79 Å². The Kier molecular flexibility index (Phi) is 10.1. The quantitative estimate of drug-likeness (QED) is 0.107. The minimum absolute atomic E-state index is 0.182. The zero-order valence-electron chi connectivity index (χ0n) is 25.2. The first-order valence-corrected chi connectivity index (χ1v) is 15.0. The van der Waals surface area contributed by atoms with E-state index in [9.17, 15) is 14.4 Å². The Morgan fingerprint density at radius 1 is 1.07 bits per heavy atom. The van der Waals surface area contributed by atoms with E-state index >= 15 is 0 Å². The standard InChI is InChI=1S/C33H31Cl2N5O6/c1-4-45-32(42)30-19(2)37-33(43)38-31(30)21-10-12-27(28(14-21)44-3)46-18-29(41)39-36-15-22-17-40(26-8-6-5-7-23(22)26)16-20-9-11-24(34)25(35)13-20/h5-15,17,31H,4,16,18H2,1-3H3,(H,39,41)(H2,37,38,43)/b36-15+/t31-/m1/s1. The first-order chi connectivity index (χ1) is 22.2. The van der Waals surface area contributed by atoms with E-state index in [0.717, 1.165) is 22.0 Å². The summed E-state index contributed by atoms with van der Waals surface area (Å²) in [6, 6.07) is 17.1. The van der Waals surface area contributed by atoms with Crippen molar-refractivity contribution in [1.82, 2.24) is 20.6 Å². The summed E-state index contributed by atoms with van der Waals surface area (Å²) in [5.74, 6) is -0.452. The van der Waals surface area contributed by atoms with Crippen molar-refractivity contribution in [2.75, 3.05) is 20.3 Å². The summed E-state index contributed by atoms with van der Waals surface area (Å²) < 4.78 is 18.4. The molecule has 11 nitrogen and oxygen atoms in total. The van der Waals surface area contributed by atoms with Crippen LogP contribution in [0.3, 0.4) is 0 Å². The van der Waals surface area contributed by atoms with Crippen molar-refractivity contribution in [2.24, 2.45) is 5.10 Å². The third kappa shape index (κ3) is 7.27. The van der Waals surface area contributed by atoms with Gasteiger partial charge < -0.3 is 29.4 Å². The van der Waals surface area contributed by atoms with Gasteiger partial charge in [-0.25, -0.2) is 15.0 Å². The van der Waals surface area contributed by atoms with E-state index in [0.29, 0.717) is 33.6 Å². The number of para-hydroxylation sites is 1. The summed E-state index contributed by atoms with van der Waals surface area (Å²) in [4.78, 5) is 37.4. The molecule has 0 radical (unpaired) electrons. The monoisotopic (exact) mass is 663 g/mol. The minimum atomic E-state index is -0.775. The lowest BCUT2D eigenvalue weighted by atomic mass is 9.95. The fraction of sp³-hybridized carbons (Fsp3) is 0.212. The number of fused-ring (bicyclic) bond motifs is 1. The lowest BCUT2D eigenvalue weighted by Crippen LogP contribution is -2.45. The number of hydrogen-bond acceptors (Lipinski definition) is 7. The molecule has 46 heavy (non-hydrogen) atoms. The number of hydrazone groups is 1. The highest BCUT2D eigenvalue weighted by Crippen LogP contribution is 2.34. The van der Waals surface area contributed by atoms with Crippen LogP contribution in [0.2, 0.25) is 10.0 Å². The van der Waals surface area contributed by atoms with Crippen molar-refractivity contribution in [1.29, 1.82) is 0 Å². The largest absolute Gasteiger partial charge is 0.493 e. The Morgan fingerprint density at radius 2 is 1.87 bits per heavy atom. The molecule has 0 unspecified atom stereocenters. The fourth-order valence-electron chi connectivity index (χ4n) is 5.10. The molecule has 2 heterocycles. The normalized spacial score (nSPS) is 14.6. The number of aromatic nitrogens is 1. The molecule has 1 aromatic heterocycles. The second kappa shape index (κ2) is 14.4. The molecule has 0 saturated heterocycles. The smallest absolute Gasteiger partial charge is 0.338 e. The molecule has 1 aliphatic rings. The number of urea groups is 1. The molecule has 3 aromatic carbocycles. The summed E-state index contributed by atoms with van der Waals surface area (Å²) in [6.45, 7) is 3.74. The molecule has 1 atom stereocenters. The number of rotatable bonds is 11. The number of nitrogens with one attached hydrogen (secondary N) is 3. The maximum Gasteiger partial charge on any atom is 0.338 e. The molecule has 1 aliphatic heterocycles. The first kappa shape index (κ1) is 32.4. The van der Waals surface area contributed by atoms with Gasteiger partial charge in [0.1, 0.15) is 0 Å². The van der Waals surface area contributed by atoms with E-state index in [1.165, 1.54) is 7.11 Å². The van der Waals surface area contributed by atoms with Crippen LogP contribution < -0.4 is 25.5 Å². The van der Waals surface area contributed by atoms with Gasteiger partial charge in [0.25, 0.3) is 5.91 Å². The number of carbonyl (C=O) groups is 3. The van der Waals surface area contributed by atoms with E-state index < -0.39 is 23.9 Å². The average molecular weight is 665 g/mol. The van der Waals surface area contributed by atoms with Crippen molar-refractivity contribution in [3.8, 4) is 11.5 Å². The molecule has 4 aromatic rings. The second-order valence-corrected chi connectivity index (χ2v) is 11.1. The van der Waals surface area contributed by atoms with Gasteiger partial charge in [-0.2, -0.15) is 5.10 Å². The van der Waals surface area contributed by atoms with E-state index in [4.69, 9.17) is 37.4 Å². The number of carbonyl (C=O) groups excluding carboxylic acids is 3. The van der Waals surface area contributed by atoms with Gasteiger partial charge in [0.05, 0.1) is 41.6 Å². The summed E-state index contributed by atoms with van der Waals surface area (Å²) in [5.41, 5.74) is 6.50. The molecule has 0 saturated carbocycles. The van der Waals surface area contributed by atoms with Crippen LogP contribution in [0.5, 0.6) is 11.5 Å². The molecule has 13 heteroatoms. The zero-order valence-corrected chi connectivity index (χ0v) is 26.7. The number of hydrogen-bond donors (Lipinski definition) is 3. The van der Waals surface area contributed by atoms with Crippen molar-refractivity contribution < 1.29 is 28.6 Å². The van der Waals surface area contributed by atoms with E-state index in [1.54, 1.807) is 44.3 Å². The molecule has 3 amide bonds.